The van der Waals surface area contributed by atoms with Crippen molar-refractivity contribution < 1.29 is 8.78 Å². The molecule has 0 radical (unpaired) electrons. The number of halogens is 3. The van der Waals surface area contributed by atoms with Crippen molar-refractivity contribution in [2.75, 3.05) is 0 Å². The zero-order valence-electron chi connectivity index (χ0n) is 12.2. The normalized spacial score (nSPS) is 11.7. The Morgan fingerprint density at radius 2 is 1.91 bits per heavy atom. The summed E-state index contributed by atoms with van der Waals surface area (Å²) in [5, 5.41) is 1.02. The van der Waals surface area contributed by atoms with E-state index in [2.05, 4.69) is 21.5 Å². The van der Waals surface area contributed by atoms with Crippen LogP contribution < -0.4 is 0 Å². The molecule has 0 saturated carbocycles. The predicted octanol–water partition coefficient (Wildman–Crippen LogP) is 5.01. The molecule has 0 N–H and O–H groups in total. The lowest BCUT2D eigenvalue weighted by molar-refractivity contribution is 0.0382. The summed E-state index contributed by atoms with van der Waals surface area (Å²) in [6, 6.07) is 6.40. The highest BCUT2D eigenvalue weighted by Gasteiger charge is 2.32. The van der Waals surface area contributed by atoms with Gasteiger partial charge in [-0.1, -0.05) is 18.2 Å². The Kier molecular flexibility index (Phi) is 3.82. The first-order chi connectivity index (χ1) is 10.9. The van der Waals surface area contributed by atoms with E-state index in [4.69, 9.17) is 11.6 Å². The molecule has 0 saturated heterocycles. The van der Waals surface area contributed by atoms with Gasteiger partial charge >= 0.3 is 0 Å². The molecule has 0 bridgehead atoms. The van der Waals surface area contributed by atoms with Gasteiger partial charge in [0.25, 0.3) is 5.92 Å². The average molecular weight is 332 g/mol. The minimum atomic E-state index is -3.11. The summed E-state index contributed by atoms with van der Waals surface area (Å²) >= 11 is 6.06. The van der Waals surface area contributed by atoms with Crippen LogP contribution in [-0.4, -0.2) is 15.0 Å². The van der Waals surface area contributed by atoms with Crippen LogP contribution >= 0.6 is 11.6 Å². The second-order valence-electron chi connectivity index (χ2n) is 5.15. The van der Waals surface area contributed by atoms with Crippen molar-refractivity contribution in [3.05, 3.63) is 65.7 Å². The lowest BCUT2D eigenvalue weighted by Gasteiger charge is -2.16. The molecule has 6 heteroatoms. The second kappa shape index (κ2) is 5.66. The Labute approximate surface area is 136 Å². The highest BCUT2D eigenvalue weighted by molar-refractivity contribution is 6.34. The minimum Gasteiger partial charge on any atom is -0.256 e. The Balaban J connectivity index is 2.11. The molecule has 0 spiro atoms. The van der Waals surface area contributed by atoms with E-state index in [1.807, 2.05) is 0 Å². The summed E-state index contributed by atoms with van der Waals surface area (Å²) in [6.07, 6.45) is 4.32. The largest absolute Gasteiger partial charge is 0.295 e. The van der Waals surface area contributed by atoms with Gasteiger partial charge in [-0.25, -0.2) is 4.98 Å². The molecule has 3 aromatic heterocycles. The van der Waals surface area contributed by atoms with E-state index in [1.54, 1.807) is 18.3 Å². The van der Waals surface area contributed by atoms with Crippen LogP contribution in [0, 0.1) is 0 Å². The average Bonchev–Trinajstić information content (AvgIpc) is 2.55. The van der Waals surface area contributed by atoms with Crippen molar-refractivity contribution in [2.45, 2.75) is 12.8 Å². The van der Waals surface area contributed by atoms with Gasteiger partial charge in [0.2, 0.25) is 0 Å². The van der Waals surface area contributed by atoms with E-state index in [9.17, 15) is 8.78 Å². The Hall–Kier alpha value is -2.40. The van der Waals surface area contributed by atoms with Crippen LogP contribution in [0.1, 0.15) is 12.5 Å². The van der Waals surface area contributed by atoms with Gasteiger partial charge < -0.3 is 0 Å². The summed E-state index contributed by atoms with van der Waals surface area (Å²) < 4.78 is 27.9. The molecule has 0 aliphatic rings. The van der Waals surface area contributed by atoms with Crippen molar-refractivity contribution in [1.29, 1.82) is 0 Å². The maximum Gasteiger partial charge on any atom is 0.295 e. The molecule has 116 valence electrons. The number of alkyl halides is 2. The summed E-state index contributed by atoms with van der Waals surface area (Å²) in [6.45, 7) is 4.61. The molecule has 3 aromatic rings. The summed E-state index contributed by atoms with van der Waals surface area (Å²) in [5.74, 6) is -3.11. The highest BCUT2D eigenvalue weighted by atomic mass is 35.5. The molecule has 3 rings (SSSR count). The van der Waals surface area contributed by atoms with Crippen molar-refractivity contribution >= 4 is 22.5 Å². The molecule has 0 fully saturated rings. The number of aromatic nitrogens is 3. The van der Waals surface area contributed by atoms with Crippen LogP contribution in [0.5, 0.6) is 0 Å². The molecule has 0 aliphatic carbocycles. The van der Waals surface area contributed by atoms with Gasteiger partial charge in [-0.15, -0.1) is 0 Å². The van der Waals surface area contributed by atoms with Crippen LogP contribution in [-0.2, 0) is 5.92 Å². The number of fused-ring (bicyclic) bond motifs is 1. The molecule has 0 atom stereocenters. The molecule has 0 amide bonds. The number of allylic oxidation sites excluding steroid dienone is 1. The van der Waals surface area contributed by atoms with E-state index in [0.29, 0.717) is 27.3 Å². The molecular weight excluding hydrogens is 320 g/mol. The smallest absolute Gasteiger partial charge is 0.256 e. The number of hydrogen-bond acceptors (Lipinski definition) is 3. The lowest BCUT2D eigenvalue weighted by Crippen LogP contribution is -2.14. The first-order valence-electron chi connectivity index (χ1n) is 6.81. The van der Waals surface area contributed by atoms with Crippen LogP contribution in [0.25, 0.3) is 22.2 Å². The zero-order chi connectivity index (χ0) is 16.6. The maximum atomic E-state index is 13.9. The third-order valence-electron chi connectivity index (χ3n) is 3.53. The summed E-state index contributed by atoms with van der Waals surface area (Å²) in [4.78, 5) is 12.5. The SMILES string of the molecule is C=C(C)C(F)(F)c1ccc(-c2cnc(Cl)c3cccnc23)nc1. The van der Waals surface area contributed by atoms with Gasteiger partial charge in [-0.3, -0.25) is 9.97 Å². The first-order valence-corrected chi connectivity index (χ1v) is 7.19. The maximum absolute atomic E-state index is 13.9. The molecular formula is C17H12ClF2N3. The quantitative estimate of drug-likeness (QED) is 0.500. The number of pyridine rings is 3. The summed E-state index contributed by atoms with van der Waals surface area (Å²) in [7, 11) is 0. The van der Waals surface area contributed by atoms with Gasteiger partial charge in [0.15, 0.2) is 0 Å². The van der Waals surface area contributed by atoms with Gasteiger partial charge in [0.1, 0.15) is 5.15 Å². The topological polar surface area (TPSA) is 38.7 Å². The predicted molar refractivity (Wildman–Crippen MR) is 86.5 cm³/mol. The molecule has 0 aromatic carbocycles. The van der Waals surface area contributed by atoms with Crippen LogP contribution in [0.4, 0.5) is 8.78 Å². The standard InChI is InChI=1S/C17H12ClF2N3/c1-10(2)17(19,20)11-5-6-14(22-8-11)13-9-23-16(18)12-4-3-7-21-15(12)13/h3-9H,1H2,2H3. The van der Waals surface area contributed by atoms with Crippen molar-refractivity contribution in [2.24, 2.45) is 0 Å². The number of hydrogen-bond donors (Lipinski definition) is 0. The van der Waals surface area contributed by atoms with E-state index in [-0.39, 0.29) is 11.1 Å². The van der Waals surface area contributed by atoms with Crippen LogP contribution in [0.3, 0.4) is 0 Å². The third kappa shape index (κ3) is 2.68. The highest BCUT2D eigenvalue weighted by Crippen LogP contribution is 2.35. The van der Waals surface area contributed by atoms with Gasteiger partial charge in [0, 0.05) is 35.1 Å². The summed E-state index contributed by atoms with van der Waals surface area (Å²) in [5.41, 5.74) is 1.33. The van der Waals surface area contributed by atoms with Crippen LogP contribution in [0.2, 0.25) is 5.15 Å². The van der Waals surface area contributed by atoms with Gasteiger partial charge in [-0.05, 0) is 36.8 Å². The van der Waals surface area contributed by atoms with Gasteiger partial charge in [0.05, 0.1) is 11.2 Å². The molecule has 3 nitrogen and oxygen atoms in total. The Bertz CT molecular complexity index is 892. The molecule has 0 aliphatic heterocycles. The second-order valence-corrected chi connectivity index (χ2v) is 5.51. The molecule has 0 unspecified atom stereocenters. The number of nitrogens with zero attached hydrogens (tertiary/aromatic N) is 3. The molecule has 3 heterocycles. The van der Waals surface area contributed by atoms with Crippen molar-refractivity contribution in [3.63, 3.8) is 0 Å². The zero-order valence-corrected chi connectivity index (χ0v) is 13.0. The monoisotopic (exact) mass is 331 g/mol. The fourth-order valence-electron chi connectivity index (χ4n) is 2.21. The Morgan fingerprint density at radius 1 is 1.13 bits per heavy atom. The van der Waals surface area contributed by atoms with Crippen molar-refractivity contribution in [1.82, 2.24) is 15.0 Å². The molecule has 23 heavy (non-hydrogen) atoms. The van der Waals surface area contributed by atoms with Crippen LogP contribution in [0.15, 0.2) is 55.0 Å². The fourth-order valence-corrected chi connectivity index (χ4v) is 2.41. The van der Waals surface area contributed by atoms with Crippen molar-refractivity contribution in [3.8, 4) is 11.3 Å². The fraction of sp³-hybridized carbons (Fsp3) is 0.118. The third-order valence-corrected chi connectivity index (χ3v) is 3.83. The van der Waals surface area contributed by atoms with E-state index in [0.717, 1.165) is 6.20 Å². The van der Waals surface area contributed by atoms with Gasteiger partial charge in [-0.2, -0.15) is 8.78 Å². The lowest BCUT2D eigenvalue weighted by atomic mass is 10.0. The van der Waals surface area contributed by atoms with E-state index < -0.39 is 5.92 Å². The van der Waals surface area contributed by atoms with E-state index >= 15 is 0 Å². The first kappa shape index (κ1) is 15.5. The van der Waals surface area contributed by atoms with E-state index in [1.165, 1.54) is 25.3 Å². The Morgan fingerprint density at radius 3 is 2.57 bits per heavy atom. The number of rotatable bonds is 3. The minimum absolute atomic E-state index is 0.201.